The summed E-state index contributed by atoms with van der Waals surface area (Å²) in [5.41, 5.74) is 3.75. The molecule has 2 aromatic carbocycles. The van der Waals surface area contributed by atoms with Crippen LogP contribution < -0.4 is 20.2 Å². The van der Waals surface area contributed by atoms with Crippen LogP contribution in [0, 0.1) is 6.92 Å². The van der Waals surface area contributed by atoms with Crippen LogP contribution in [0.3, 0.4) is 0 Å². The topological polar surface area (TPSA) is 85.3 Å². The first-order valence-corrected chi connectivity index (χ1v) is 10.7. The average Bonchev–Trinajstić information content (AvgIpc) is 3.25. The van der Waals surface area contributed by atoms with Gasteiger partial charge in [-0.15, -0.1) is 0 Å². The number of nitrogens with one attached hydrogen (secondary N) is 2. The number of amides is 1. The number of aryl methyl sites for hydroxylation is 2. The number of para-hydroxylation sites is 1. The van der Waals surface area contributed by atoms with Crippen molar-refractivity contribution < 1.29 is 14.3 Å². The monoisotopic (exact) mass is 445 g/mol. The van der Waals surface area contributed by atoms with E-state index in [0.29, 0.717) is 6.54 Å². The van der Waals surface area contributed by atoms with Crippen molar-refractivity contribution in [3.05, 3.63) is 94.0 Å². The molecule has 4 aromatic rings. The second-order valence-corrected chi connectivity index (χ2v) is 7.96. The molecular weight excluding hydrogens is 418 g/mol. The molecule has 1 amide bonds. The van der Waals surface area contributed by atoms with E-state index in [0.717, 1.165) is 33.5 Å². The lowest BCUT2D eigenvalue weighted by atomic mass is 9.91. The lowest BCUT2D eigenvalue weighted by molar-refractivity contribution is -0.123. The fourth-order valence-electron chi connectivity index (χ4n) is 3.85. The smallest absolute Gasteiger partial charge is 0.257 e. The van der Waals surface area contributed by atoms with Crippen LogP contribution in [-0.2, 0) is 11.8 Å². The Morgan fingerprint density at radius 3 is 2.67 bits per heavy atom. The van der Waals surface area contributed by atoms with Gasteiger partial charge in [0.1, 0.15) is 5.75 Å². The molecule has 2 N–H and O–H groups in total. The van der Waals surface area contributed by atoms with Crippen LogP contribution in [0.25, 0.3) is 10.9 Å². The van der Waals surface area contributed by atoms with E-state index in [1.165, 1.54) is 6.07 Å². The van der Waals surface area contributed by atoms with E-state index >= 15 is 0 Å². The minimum atomic E-state index is -0.295. The number of hydrogen-bond donors (Lipinski definition) is 2. The van der Waals surface area contributed by atoms with Gasteiger partial charge in [0.25, 0.3) is 5.91 Å². The first-order valence-electron chi connectivity index (χ1n) is 10.7. The predicted octanol–water partition coefficient (Wildman–Crippen LogP) is 3.51. The van der Waals surface area contributed by atoms with Gasteiger partial charge in [-0.05, 0) is 36.2 Å². The molecule has 0 aliphatic carbocycles. The summed E-state index contributed by atoms with van der Waals surface area (Å²) < 4.78 is 12.6. The number of aromatic nitrogens is 2. The number of carbonyl (C=O) groups is 1. The standard InChI is InChI=1S/C26H27N3O4/c1-17-12-24(30)25(15-29(17)2)33-16-26(31)28-13-21(18-8-10-19(32-3)11-9-18)22-14-27-23-7-5-4-6-20(22)23/h4-12,14-15,21,27H,13,16H2,1-3H3,(H,28,31)/t21-/m1/s1. The van der Waals surface area contributed by atoms with E-state index < -0.39 is 0 Å². The fourth-order valence-corrected chi connectivity index (χ4v) is 3.85. The number of ether oxygens (including phenoxy) is 2. The molecule has 2 aromatic heterocycles. The number of fused-ring (bicyclic) bond motifs is 1. The largest absolute Gasteiger partial charge is 0.497 e. The Balaban J connectivity index is 1.51. The maximum Gasteiger partial charge on any atom is 0.257 e. The Hall–Kier alpha value is -4.00. The van der Waals surface area contributed by atoms with Crippen LogP contribution in [0.1, 0.15) is 22.7 Å². The number of carbonyl (C=O) groups excluding carboxylic acids is 1. The van der Waals surface area contributed by atoms with Crippen LogP contribution in [-0.4, -0.2) is 35.7 Å². The average molecular weight is 446 g/mol. The van der Waals surface area contributed by atoms with Crippen molar-refractivity contribution in [1.29, 1.82) is 0 Å². The number of H-pyrrole nitrogens is 1. The lowest BCUT2D eigenvalue weighted by Gasteiger charge is -2.19. The van der Waals surface area contributed by atoms with Crippen molar-refractivity contribution in [3.8, 4) is 11.5 Å². The van der Waals surface area contributed by atoms with Gasteiger partial charge >= 0.3 is 0 Å². The highest BCUT2D eigenvalue weighted by molar-refractivity contribution is 5.84. The predicted molar refractivity (Wildman–Crippen MR) is 128 cm³/mol. The lowest BCUT2D eigenvalue weighted by Crippen LogP contribution is -2.33. The molecule has 0 fully saturated rings. The van der Waals surface area contributed by atoms with Gasteiger partial charge in [-0.25, -0.2) is 0 Å². The molecule has 170 valence electrons. The summed E-state index contributed by atoms with van der Waals surface area (Å²) in [6.07, 6.45) is 3.58. The van der Waals surface area contributed by atoms with Crippen molar-refractivity contribution >= 4 is 16.8 Å². The zero-order valence-electron chi connectivity index (χ0n) is 18.9. The summed E-state index contributed by atoms with van der Waals surface area (Å²) in [4.78, 5) is 28.0. The summed E-state index contributed by atoms with van der Waals surface area (Å²) in [6.45, 7) is 1.98. The Morgan fingerprint density at radius 2 is 1.91 bits per heavy atom. The molecule has 0 aliphatic heterocycles. The minimum Gasteiger partial charge on any atom is -0.497 e. The quantitative estimate of drug-likeness (QED) is 0.435. The summed E-state index contributed by atoms with van der Waals surface area (Å²) >= 11 is 0. The second kappa shape index (κ2) is 9.65. The zero-order valence-corrected chi connectivity index (χ0v) is 18.9. The van der Waals surface area contributed by atoms with Crippen LogP contribution in [0.5, 0.6) is 11.5 Å². The maximum atomic E-state index is 12.6. The third kappa shape index (κ3) is 4.92. The molecule has 0 unspecified atom stereocenters. The van der Waals surface area contributed by atoms with Gasteiger partial charge in [0.15, 0.2) is 12.4 Å². The number of hydrogen-bond acceptors (Lipinski definition) is 4. The van der Waals surface area contributed by atoms with E-state index in [9.17, 15) is 9.59 Å². The highest BCUT2D eigenvalue weighted by Crippen LogP contribution is 2.31. The molecule has 4 rings (SSSR count). The van der Waals surface area contributed by atoms with Gasteiger partial charge in [0.2, 0.25) is 5.43 Å². The number of rotatable bonds is 8. The number of pyridine rings is 1. The third-order valence-corrected chi connectivity index (χ3v) is 5.83. The van der Waals surface area contributed by atoms with E-state index in [1.54, 1.807) is 17.9 Å². The van der Waals surface area contributed by atoms with Crippen molar-refractivity contribution in [2.75, 3.05) is 20.3 Å². The number of methoxy groups -OCH3 is 1. The van der Waals surface area contributed by atoms with E-state index in [-0.39, 0.29) is 29.6 Å². The van der Waals surface area contributed by atoms with E-state index in [1.807, 2.05) is 62.6 Å². The molecule has 0 saturated carbocycles. The normalized spacial score (nSPS) is 11.8. The number of nitrogens with zero attached hydrogens (tertiary/aromatic N) is 1. The second-order valence-electron chi connectivity index (χ2n) is 7.96. The highest BCUT2D eigenvalue weighted by atomic mass is 16.5. The molecule has 0 saturated heterocycles. The van der Waals surface area contributed by atoms with Crippen LogP contribution in [0.4, 0.5) is 0 Å². The van der Waals surface area contributed by atoms with Gasteiger partial charge in [0.05, 0.1) is 7.11 Å². The summed E-state index contributed by atoms with van der Waals surface area (Å²) in [5, 5.41) is 4.06. The third-order valence-electron chi connectivity index (χ3n) is 5.83. The summed E-state index contributed by atoms with van der Waals surface area (Å²) in [7, 11) is 3.45. The number of benzene rings is 2. The van der Waals surface area contributed by atoms with Crippen molar-refractivity contribution in [3.63, 3.8) is 0 Å². The Bertz CT molecular complexity index is 1320. The highest BCUT2D eigenvalue weighted by Gasteiger charge is 2.19. The molecule has 0 bridgehead atoms. The number of aromatic amines is 1. The van der Waals surface area contributed by atoms with Crippen molar-refractivity contribution in [1.82, 2.24) is 14.9 Å². The first-order chi connectivity index (χ1) is 16.0. The van der Waals surface area contributed by atoms with Gasteiger partial charge in [-0.3, -0.25) is 9.59 Å². The molecule has 1 atom stereocenters. The fraction of sp³-hybridized carbons (Fsp3) is 0.231. The molecule has 0 radical (unpaired) electrons. The minimum absolute atomic E-state index is 0.0803. The van der Waals surface area contributed by atoms with E-state index in [4.69, 9.17) is 9.47 Å². The molecule has 7 heteroatoms. The maximum absolute atomic E-state index is 12.6. The van der Waals surface area contributed by atoms with Gasteiger partial charge in [-0.1, -0.05) is 30.3 Å². The zero-order chi connectivity index (χ0) is 23.4. The van der Waals surface area contributed by atoms with Crippen molar-refractivity contribution in [2.24, 2.45) is 7.05 Å². The van der Waals surface area contributed by atoms with Crippen LogP contribution in [0.15, 0.2) is 71.8 Å². The molecule has 0 spiro atoms. The molecule has 2 heterocycles. The molecule has 33 heavy (non-hydrogen) atoms. The van der Waals surface area contributed by atoms with Gasteiger partial charge < -0.3 is 24.3 Å². The Labute approximate surface area is 192 Å². The molecule has 0 aliphatic rings. The first kappa shape index (κ1) is 22.2. The van der Waals surface area contributed by atoms with Gasteiger partial charge in [-0.2, -0.15) is 0 Å². The Kier molecular flexibility index (Phi) is 6.49. The molecule has 7 nitrogen and oxygen atoms in total. The summed E-state index contributed by atoms with van der Waals surface area (Å²) in [5.74, 6) is 0.550. The SMILES string of the molecule is COc1ccc([C@@H](CNC(=O)COc2cn(C)c(C)cc2=O)c2c[nH]c3ccccc23)cc1. The van der Waals surface area contributed by atoms with Crippen LogP contribution >= 0.6 is 0 Å². The van der Waals surface area contributed by atoms with Crippen molar-refractivity contribution in [2.45, 2.75) is 12.8 Å². The summed E-state index contributed by atoms with van der Waals surface area (Å²) in [6, 6.07) is 17.4. The molecular formula is C26H27N3O4. The van der Waals surface area contributed by atoms with Crippen LogP contribution in [0.2, 0.25) is 0 Å². The van der Waals surface area contributed by atoms with E-state index in [2.05, 4.69) is 16.4 Å². The van der Waals surface area contributed by atoms with Gasteiger partial charge in [0, 0.05) is 54.6 Å². The Morgan fingerprint density at radius 1 is 1.15 bits per heavy atom.